The van der Waals surface area contributed by atoms with Crippen LogP contribution in [0, 0.1) is 0 Å². The zero-order valence-electron chi connectivity index (χ0n) is 4.82. The third-order valence-corrected chi connectivity index (χ3v) is 1.36. The normalized spacial score (nSPS) is 9.44. The lowest BCUT2D eigenvalue weighted by atomic mass is 10.4. The Morgan fingerprint density at radius 1 is 1.56 bits per heavy atom. The summed E-state index contributed by atoms with van der Waals surface area (Å²) < 4.78 is 8.40. The highest BCUT2D eigenvalue weighted by Gasteiger charge is 1.88. The summed E-state index contributed by atoms with van der Waals surface area (Å²) >= 11 is 0.792. The van der Waals surface area contributed by atoms with Gasteiger partial charge in [-0.2, -0.15) is 0 Å². The van der Waals surface area contributed by atoms with Gasteiger partial charge in [0.2, 0.25) is 0 Å². The lowest BCUT2D eigenvalue weighted by Crippen LogP contribution is -1.82. The third-order valence-electron chi connectivity index (χ3n) is 0.939. The molecule has 1 heterocycles. The summed E-state index contributed by atoms with van der Waals surface area (Å²) in [5, 5.41) is 0. The molecule has 1 N–H and O–H groups in total. The Morgan fingerprint density at radius 3 is 3.00 bits per heavy atom. The van der Waals surface area contributed by atoms with Crippen molar-refractivity contribution in [2.75, 3.05) is 0 Å². The molecule has 0 atom stereocenters. The second-order valence-corrected chi connectivity index (χ2v) is 2.14. The molecule has 0 aliphatic heterocycles. The topological polar surface area (TPSA) is 33.1 Å². The van der Waals surface area contributed by atoms with Crippen molar-refractivity contribution < 1.29 is 4.55 Å². The van der Waals surface area contributed by atoms with E-state index >= 15 is 0 Å². The standard InChI is InChI=1S/C6H7NOS/c8-9-5-6-3-1-2-4-7-6/h1-4,8H,5H2. The Bertz CT molecular complexity index is 166. The van der Waals surface area contributed by atoms with Crippen LogP contribution >= 0.6 is 12.0 Å². The first-order valence-corrected chi connectivity index (χ1v) is 3.54. The number of nitrogens with zero attached hydrogens (tertiary/aromatic N) is 1. The molecule has 0 bridgehead atoms. The molecule has 0 unspecified atom stereocenters. The average Bonchev–Trinajstić information content (AvgIpc) is 1.91. The maximum Gasteiger partial charge on any atom is 0.0619 e. The fraction of sp³-hybridized carbons (Fsp3) is 0.167. The van der Waals surface area contributed by atoms with Crippen molar-refractivity contribution in [3.8, 4) is 0 Å². The van der Waals surface area contributed by atoms with Gasteiger partial charge in [-0.05, 0) is 24.2 Å². The van der Waals surface area contributed by atoms with Crippen molar-refractivity contribution >= 4 is 12.0 Å². The van der Waals surface area contributed by atoms with E-state index in [1.165, 1.54) is 0 Å². The Balaban J connectivity index is 2.61. The first-order chi connectivity index (χ1) is 4.43. The SMILES string of the molecule is OSCc1ccccn1. The van der Waals surface area contributed by atoms with Gasteiger partial charge in [0, 0.05) is 6.20 Å². The van der Waals surface area contributed by atoms with Crippen LogP contribution in [0.2, 0.25) is 0 Å². The molecule has 0 aliphatic rings. The Morgan fingerprint density at radius 2 is 2.44 bits per heavy atom. The molecule has 0 radical (unpaired) electrons. The summed E-state index contributed by atoms with van der Waals surface area (Å²) in [5.41, 5.74) is 0.907. The molecule has 0 aliphatic carbocycles. The maximum absolute atomic E-state index is 8.40. The molecule has 0 fully saturated rings. The number of hydrogen-bond acceptors (Lipinski definition) is 3. The van der Waals surface area contributed by atoms with E-state index < -0.39 is 0 Å². The van der Waals surface area contributed by atoms with Gasteiger partial charge in [0.25, 0.3) is 0 Å². The molecule has 48 valence electrons. The number of aromatic nitrogens is 1. The van der Waals surface area contributed by atoms with Gasteiger partial charge in [0.05, 0.1) is 11.4 Å². The molecule has 0 amide bonds. The highest BCUT2D eigenvalue weighted by atomic mass is 32.2. The van der Waals surface area contributed by atoms with Crippen LogP contribution in [0.1, 0.15) is 5.69 Å². The fourth-order valence-corrected chi connectivity index (χ4v) is 0.853. The van der Waals surface area contributed by atoms with E-state index in [1.54, 1.807) is 6.20 Å². The predicted molar refractivity (Wildman–Crippen MR) is 38.2 cm³/mol. The fourth-order valence-electron chi connectivity index (χ4n) is 0.550. The quantitative estimate of drug-likeness (QED) is 0.637. The molecule has 1 rings (SSSR count). The minimum Gasteiger partial charge on any atom is -0.330 e. The highest BCUT2D eigenvalue weighted by molar-refractivity contribution is 7.92. The number of pyridine rings is 1. The van der Waals surface area contributed by atoms with Crippen LogP contribution in [-0.4, -0.2) is 9.54 Å². The van der Waals surface area contributed by atoms with Crippen molar-refractivity contribution in [3.05, 3.63) is 30.1 Å². The lowest BCUT2D eigenvalue weighted by molar-refractivity contribution is 0.662. The molecule has 0 aromatic carbocycles. The van der Waals surface area contributed by atoms with E-state index in [9.17, 15) is 0 Å². The molecule has 1 aromatic heterocycles. The Labute approximate surface area is 58.1 Å². The van der Waals surface area contributed by atoms with Gasteiger partial charge >= 0.3 is 0 Å². The van der Waals surface area contributed by atoms with E-state index in [0.29, 0.717) is 5.75 Å². The van der Waals surface area contributed by atoms with Gasteiger partial charge in [-0.3, -0.25) is 4.98 Å². The first-order valence-electron chi connectivity index (χ1n) is 2.60. The first kappa shape index (κ1) is 6.58. The number of hydrogen-bond donors (Lipinski definition) is 1. The number of rotatable bonds is 2. The molecule has 2 nitrogen and oxygen atoms in total. The van der Waals surface area contributed by atoms with Gasteiger partial charge in [-0.1, -0.05) is 6.07 Å². The largest absolute Gasteiger partial charge is 0.330 e. The lowest BCUT2D eigenvalue weighted by Gasteiger charge is -1.91. The molecule has 1 aromatic rings. The van der Waals surface area contributed by atoms with Gasteiger partial charge < -0.3 is 4.55 Å². The zero-order valence-corrected chi connectivity index (χ0v) is 5.64. The van der Waals surface area contributed by atoms with Gasteiger partial charge in [0.15, 0.2) is 0 Å². The second-order valence-electron chi connectivity index (χ2n) is 1.59. The van der Waals surface area contributed by atoms with Crippen molar-refractivity contribution in [1.82, 2.24) is 4.98 Å². The summed E-state index contributed by atoms with van der Waals surface area (Å²) in [4.78, 5) is 3.99. The second kappa shape index (κ2) is 3.48. The van der Waals surface area contributed by atoms with Crippen molar-refractivity contribution in [3.63, 3.8) is 0 Å². The molecule has 0 spiro atoms. The Kier molecular flexibility index (Phi) is 2.54. The molecule has 0 saturated carbocycles. The minimum atomic E-state index is 0.570. The summed E-state index contributed by atoms with van der Waals surface area (Å²) in [7, 11) is 0. The third kappa shape index (κ3) is 2.03. The molecule has 9 heavy (non-hydrogen) atoms. The molecular formula is C6H7NOS. The van der Waals surface area contributed by atoms with Crippen LogP contribution in [0.5, 0.6) is 0 Å². The van der Waals surface area contributed by atoms with Crippen molar-refractivity contribution in [2.45, 2.75) is 5.75 Å². The van der Waals surface area contributed by atoms with Gasteiger partial charge in [0.1, 0.15) is 0 Å². The summed E-state index contributed by atoms with van der Waals surface area (Å²) in [5.74, 6) is 0.570. The van der Waals surface area contributed by atoms with E-state index in [0.717, 1.165) is 17.7 Å². The maximum atomic E-state index is 8.40. The highest BCUT2D eigenvalue weighted by Crippen LogP contribution is 2.03. The average molecular weight is 141 g/mol. The summed E-state index contributed by atoms with van der Waals surface area (Å²) in [6.07, 6.45) is 1.71. The van der Waals surface area contributed by atoms with Crippen LogP contribution in [0.15, 0.2) is 24.4 Å². The van der Waals surface area contributed by atoms with Gasteiger partial charge in [-0.15, -0.1) is 0 Å². The summed E-state index contributed by atoms with van der Waals surface area (Å²) in [6.45, 7) is 0. The van der Waals surface area contributed by atoms with E-state index in [2.05, 4.69) is 4.98 Å². The van der Waals surface area contributed by atoms with Crippen molar-refractivity contribution in [1.29, 1.82) is 0 Å². The smallest absolute Gasteiger partial charge is 0.0619 e. The minimum absolute atomic E-state index is 0.570. The molecule has 3 heteroatoms. The van der Waals surface area contributed by atoms with Crippen LogP contribution < -0.4 is 0 Å². The predicted octanol–water partition coefficient (Wildman–Crippen LogP) is 1.79. The van der Waals surface area contributed by atoms with E-state index in [1.807, 2.05) is 18.2 Å². The zero-order chi connectivity index (χ0) is 6.53. The van der Waals surface area contributed by atoms with Gasteiger partial charge in [-0.25, -0.2) is 0 Å². The van der Waals surface area contributed by atoms with Crippen LogP contribution in [0.3, 0.4) is 0 Å². The molecule has 0 saturated heterocycles. The van der Waals surface area contributed by atoms with E-state index in [4.69, 9.17) is 4.55 Å². The van der Waals surface area contributed by atoms with E-state index in [-0.39, 0.29) is 0 Å². The summed E-state index contributed by atoms with van der Waals surface area (Å²) in [6, 6.07) is 5.63. The van der Waals surface area contributed by atoms with Crippen molar-refractivity contribution in [2.24, 2.45) is 0 Å². The molecular weight excluding hydrogens is 134 g/mol. The van der Waals surface area contributed by atoms with Crippen LogP contribution in [-0.2, 0) is 5.75 Å². The van der Waals surface area contributed by atoms with Crippen LogP contribution in [0.25, 0.3) is 0 Å². The Hall–Kier alpha value is -0.540. The monoisotopic (exact) mass is 141 g/mol. The van der Waals surface area contributed by atoms with Crippen LogP contribution in [0.4, 0.5) is 0 Å².